The fraction of sp³-hybridized carbons (Fsp3) is 0.448. The zero-order valence-electron chi connectivity index (χ0n) is 22.5. The van der Waals surface area contributed by atoms with Crippen LogP contribution in [0.15, 0.2) is 60.7 Å². The molecule has 2 rings (SSSR count). The molecule has 0 aromatic heterocycles. The van der Waals surface area contributed by atoms with E-state index < -0.39 is 42.0 Å². The molecule has 0 aliphatic rings. The molecule has 0 saturated heterocycles. The van der Waals surface area contributed by atoms with Crippen LogP contribution in [-0.2, 0) is 32.1 Å². The Balaban J connectivity index is 2.07. The highest BCUT2D eigenvalue weighted by Crippen LogP contribution is 2.11. The number of carboxylic acid groups (broad SMARTS) is 1. The van der Waals surface area contributed by atoms with Crippen molar-refractivity contribution in [2.24, 2.45) is 11.8 Å². The summed E-state index contributed by atoms with van der Waals surface area (Å²) < 4.78 is 5.27. The van der Waals surface area contributed by atoms with Crippen LogP contribution in [0.1, 0.15) is 51.7 Å². The Bertz CT molecular complexity index is 1040. The number of aliphatic carboxylic acids is 1. The third kappa shape index (κ3) is 11.0. The summed E-state index contributed by atoms with van der Waals surface area (Å²) in [6.07, 6.45) is -0.0149. The molecule has 9 nitrogen and oxygen atoms in total. The van der Waals surface area contributed by atoms with E-state index in [2.05, 4.69) is 16.0 Å². The van der Waals surface area contributed by atoms with Gasteiger partial charge in [-0.15, -0.1) is 0 Å². The van der Waals surface area contributed by atoms with Crippen molar-refractivity contribution in [1.29, 1.82) is 0 Å². The first-order chi connectivity index (χ1) is 18.0. The summed E-state index contributed by atoms with van der Waals surface area (Å²) >= 11 is 0. The number of carbonyl (C=O) groups excluding carboxylic acids is 3. The molecule has 0 fully saturated rings. The van der Waals surface area contributed by atoms with Gasteiger partial charge in [-0.25, -0.2) is 9.59 Å². The van der Waals surface area contributed by atoms with E-state index >= 15 is 0 Å². The topological polar surface area (TPSA) is 134 Å². The lowest BCUT2D eigenvalue weighted by Crippen LogP contribution is -2.56. The third-order valence-corrected chi connectivity index (χ3v) is 5.77. The monoisotopic (exact) mass is 525 g/mol. The zero-order chi connectivity index (χ0) is 28.1. The summed E-state index contributed by atoms with van der Waals surface area (Å²) in [5.41, 5.74) is 1.57. The maximum absolute atomic E-state index is 13.2. The molecular weight excluding hydrogens is 486 g/mol. The molecule has 9 heteroatoms. The maximum atomic E-state index is 13.2. The number of carboxylic acids is 1. The SMILES string of the molecule is CC(C)CC(NC(=O)OCc1ccccc1)C(=O)NC(CC(C)C)C(=O)NC(Cc1ccccc1)C(=O)O. The van der Waals surface area contributed by atoms with Crippen LogP contribution in [0.5, 0.6) is 0 Å². The summed E-state index contributed by atoms with van der Waals surface area (Å²) in [5, 5.41) is 17.6. The lowest BCUT2D eigenvalue weighted by Gasteiger charge is -2.26. The summed E-state index contributed by atoms with van der Waals surface area (Å²) in [5.74, 6) is -2.19. The largest absolute Gasteiger partial charge is 0.480 e. The van der Waals surface area contributed by atoms with E-state index in [0.717, 1.165) is 11.1 Å². The fourth-order valence-electron chi connectivity index (χ4n) is 3.91. The number of benzene rings is 2. The molecule has 4 N–H and O–H groups in total. The van der Waals surface area contributed by atoms with Gasteiger partial charge in [-0.1, -0.05) is 88.4 Å². The highest BCUT2D eigenvalue weighted by Gasteiger charge is 2.30. The molecule has 0 radical (unpaired) electrons. The summed E-state index contributed by atoms with van der Waals surface area (Å²) in [6, 6.07) is 15.1. The minimum Gasteiger partial charge on any atom is -0.480 e. The van der Waals surface area contributed by atoms with Gasteiger partial charge in [-0.3, -0.25) is 9.59 Å². The van der Waals surface area contributed by atoms with Crippen molar-refractivity contribution in [2.75, 3.05) is 0 Å². The van der Waals surface area contributed by atoms with E-state index in [9.17, 15) is 24.3 Å². The van der Waals surface area contributed by atoms with Gasteiger partial charge in [0.05, 0.1) is 0 Å². The van der Waals surface area contributed by atoms with Gasteiger partial charge >= 0.3 is 12.1 Å². The first-order valence-electron chi connectivity index (χ1n) is 12.9. The van der Waals surface area contributed by atoms with Crippen LogP contribution < -0.4 is 16.0 Å². The zero-order valence-corrected chi connectivity index (χ0v) is 22.5. The predicted molar refractivity (Wildman–Crippen MR) is 144 cm³/mol. The van der Waals surface area contributed by atoms with Gasteiger partial charge in [-0.2, -0.15) is 0 Å². The number of hydrogen-bond donors (Lipinski definition) is 4. The number of amides is 3. The Labute approximate surface area is 224 Å². The number of alkyl carbamates (subject to hydrolysis) is 1. The standard InChI is InChI=1S/C29H39N3O6/c1-19(2)15-23(26(33)31-25(28(35)36)17-21-11-7-5-8-12-21)30-27(34)24(16-20(3)4)32-29(37)38-18-22-13-9-6-10-14-22/h5-14,19-20,23-25H,15-18H2,1-4H3,(H,30,34)(H,31,33)(H,32,37)(H,35,36). The summed E-state index contributed by atoms with van der Waals surface area (Å²) in [6.45, 7) is 7.68. The van der Waals surface area contributed by atoms with Crippen LogP contribution in [0.25, 0.3) is 0 Å². The van der Waals surface area contributed by atoms with Gasteiger partial charge in [0.15, 0.2) is 0 Å². The first kappa shape index (κ1) is 30.3. The number of ether oxygens (including phenoxy) is 1. The minimum absolute atomic E-state index is 0.0378. The van der Waals surface area contributed by atoms with Crippen LogP contribution in [0.2, 0.25) is 0 Å². The molecule has 206 valence electrons. The van der Waals surface area contributed by atoms with Crippen molar-refractivity contribution in [2.45, 2.75) is 71.7 Å². The third-order valence-electron chi connectivity index (χ3n) is 5.77. The Morgan fingerprint density at radius 3 is 1.61 bits per heavy atom. The maximum Gasteiger partial charge on any atom is 0.408 e. The second-order valence-corrected chi connectivity index (χ2v) is 10.2. The van der Waals surface area contributed by atoms with E-state index in [1.807, 2.05) is 64.1 Å². The normalized spacial score (nSPS) is 13.3. The van der Waals surface area contributed by atoms with Crippen LogP contribution in [-0.4, -0.2) is 47.1 Å². The molecule has 3 unspecified atom stereocenters. The quantitative estimate of drug-likeness (QED) is 0.297. The molecule has 38 heavy (non-hydrogen) atoms. The molecule has 0 bridgehead atoms. The van der Waals surface area contributed by atoms with Crippen molar-refractivity contribution >= 4 is 23.9 Å². The predicted octanol–water partition coefficient (Wildman–Crippen LogP) is 3.67. The Kier molecular flexibility index (Phi) is 12.3. The molecule has 3 atom stereocenters. The summed E-state index contributed by atoms with van der Waals surface area (Å²) in [4.78, 5) is 50.7. The molecule has 0 aliphatic carbocycles. The molecule has 0 aliphatic heterocycles. The van der Waals surface area contributed by atoms with Crippen molar-refractivity contribution in [3.63, 3.8) is 0 Å². The Hall–Kier alpha value is -3.88. The Morgan fingerprint density at radius 1 is 0.684 bits per heavy atom. The van der Waals surface area contributed by atoms with Crippen LogP contribution in [0, 0.1) is 11.8 Å². The average molecular weight is 526 g/mol. The molecule has 2 aromatic rings. The van der Waals surface area contributed by atoms with Gasteiger partial charge in [0.25, 0.3) is 0 Å². The second kappa shape index (κ2) is 15.4. The summed E-state index contributed by atoms with van der Waals surface area (Å²) in [7, 11) is 0. The molecule has 3 amide bonds. The van der Waals surface area contributed by atoms with Gasteiger partial charge < -0.3 is 25.8 Å². The van der Waals surface area contributed by atoms with E-state index in [4.69, 9.17) is 4.74 Å². The highest BCUT2D eigenvalue weighted by molar-refractivity contribution is 5.93. The molecule has 0 spiro atoms. The highest BCUT2D eigenvalue weighted by atomic mass is 16.5. The number of hydrogen-bond acceptors (Lipinski definition) is 5. The molecule has 2 aromatic carbocycles. The number of rotatable bonds is 14. The molecule has 0 saturated carbocycles. The number of carbonyl (C=O) groups is 4. The van der Waals surface area contributed by atoms with Crippen molar-refractivity contribution in [3.05, 3.63) is 71.8 Å². The average Bonchev–Trinajstić information content (AvgIpc) is 2.86. The van der Waals surface area contributed by atoms with Crippen LogP contribution in [0.4, 0.5) is 4.79 Å². The van der Waals surface area contributed by atoms with Crippen molar-refractivity contribution < 1.29 is 29.0 Å². The van der Waals surface area contributed by atoms with E-state index in [1.165, 1.54) is 0 Å². The van der Waals surface area contributed by atoms with E-state index in [-0.39, 0.29) is 24.9 Å². The smallest absolute Gasteiger partial charge is 0.408 e. The molecular formula is C29H39N3O6. The van der Waals surface area contributed by atoms with Crippen molar-refractivity contribution in [3.8, 4) is 0 Å². The van der Waals surface area contributed by atoms with Gasteiger partial charge in [0, 0.05) is 6.42 Å². The first-order valence-corrected chi connectivity index (χ1v) is 12.9. The van der Waals surface area contributed by atoms with E-state index in [1.54, 1.807) is 24.3 Å². The lowest BCUT2D eigenvalue weighted by molar-refractivity contribution is -0.142. The van der Waals surface area contributed by atoms with Crippen LogP contribution in [0.3, 0.4) is 0 Å². The lowest BCUT2D eigenvalue weighted by atomic mass is 9.99. The van der Waals surface area contributed by atoms with Crippen molar-refractivity contribution in [1.82, 2.24) is 16.0 Å². The number of nitrogens with one attached hydrogen (secondary N) is 3. The van der Waals surface area contributed by atoms with Gasteiger partial charge in [-0.05, 0) is 35.8 Å². The Morgan fingerprint density at radius 2 is 1.13 bits per heavy atom. The molecule has 0 heterocycles. The minimum atomic E-state index is -1.17. The second-order valence-electron chi connectivity index (χ2n) is 10.2. The van der Waals surface area contributed by atoms with Gasteiger partial charge in [0.2, 0.25) is 11.8 Å². The fourth-order valence-corrected chi connectivity index (χ4v) is 3.91. The van der Waals surface area contributed by atoms with Crippen LogP contribution >= 0.6 is 0 Å². The van der Waals surface area contributed by atoms with E-state index in [0.29, 0.717) is 12.8 Å². The van der Waals surface area contributed by atoms with Gasteiger partial charge in [0.1, 0.15) is 24.7 Å².